The molecular weight excluding hydrogens is 362 g/mol. The first-order chi connectivity index (χ1) is 14.2. The van der Waals surface area contributed by atoms with Gasteiger partial charge in [0.15, 0.2) is 0 Å². The highest BCUT2D eigenvalue weighted by atomic mass is 16.2. The first kappa shape index (κ1) is 19.4. The second-order valence-electron chi connectivity index (χ2n) is 7.89. The molecule has 4 rings (SSSR count). The van der Waals surface area contributed by atoms with E-state index < -0.39 is 0 Å². The molecule has 0 atom stereocenters. The van der Waals surface area contributed by atoms with Gasteiger partial charge in [-0.1, -0.05) is 37.5 Å². The molecule has 1 aromatic heterocycles. The summed E-state index contributed by atoms with van der Waals surface area (Å²) in [7, 11) is 0. The molecule has 1 heterocycles. The Kier molecular flexibility index (Phi) is 6.03. The van der Waals surface area contributed by atoms with E-state index in [0.717, 1.165) is 31.2 Å². The van der Waals surface area contributed by atoms with Crippen LogP contribution in [0.15, 0.2) is 59.7 Å². The van der Waals surface area contributed by atoms with Crippen molar-refractivity contribution in [1.82, 2.24) is 9.88 Å². The van der Waals surface area contributed by atoms with Crippen LogP contribution in [0.5, 0.6) is 0 Å². The lowest BCUT2D eigenvalue weighted by Gasteiger charge is -2.17. The fraction of sp³-hybridized carbons (Fsp3) is 0.375. The molecule has 2 saturated carbocycles. The third-order valence-electron chi connectivity index (χ3n) is 5.47. The third-order valence-corrected chi connectivity index (χ3v) is 5.47. The Morgan fingerprint density at radius 1 is 0.966 bits per heavy atom. The van der Waals surface area contributed by atoms with Gasteiger partial charge in [0, 0.05) is 23.9 Å². The Bertz CT molecular complexity index is 962. The number of hydrogen-bond donors (Lipinski definition) is 1. The summed E-state index contributed by atoms with van der Waals surface area (Å²) >= 11 is 0. The zero-order valence-corrected chi connectivity index (χ0v) is 16.6. The number of hydrogen-bond acceptors (Lipinski definition) is 3. The van der Waals surface area contributed by atoms with Crippen LogP contribution in [0.1, 0.15) is 65.7 Å². The zero-order valence-electron chi connectivity index (χ0n) is 16.6. The van der Waals surface area contributed by atoms with E-state index in [4.69, 9.17) is 4.99 Å². The fourth-order valence-corrected chi connectivity index (χ4v) is 3.61. The normalized spacial score (nSPS) is 18.1. The summed E-state index contributed by atoms with van der Waals surface area (Å²) in [5, 5.41) is 2.98. The SMILES string of the molecule is O=C(NC1CC1)c1ccc(/C=C/C(=O)n2ccccc2=NC2CCCCC2)cc1. The largest absolute Gasteiger partial charge is 0.349 e. The highest BCUT2D eigenvalue weighted by Crippen LogP contribution is 2.20. The minimum absolute atomic E-state index is 0.0343. The summed E-state index contributed by atoms with van der Waals surface area (Å²) < 4.78 is 1.60. The van der Waals surface area contributed by atoms with Gasteiger partial charge in [-0.05, 0) is 61.6 Å². The van der Waals surface area contributed by atoms with E-state index in [0.29, 0.717) is 23.1 Å². The molecule has 2 aliphatic carbocycles. The minimum Gasteiger partial charge on any atom is -0.349 e. The number of rotatable bonds is 5. The lowest BCUT2D eigenvalue weighted by molar-refractivity contribution is 0.0947. The molecular formula is C24H27N3O2. The maximum atomic E-state index is 12.7. The lowest BCUT2D eigenvalue weighted by Crippen LogP contribution is -2.27. The average Bonchev–Trinajstić information content (AvgIpc) is 3.57. The highest BCUT2D eigenvalue weighted by Gasteiger charge is 2.23. The van der Waals surface area contributed by atoms with Crippen LogP contribution in [0.3, 0.4) is 0 Å². The van der Waals surface area contributed by atoms with Gasteiger partial charge in [0.2, 0.25) is 0 Å². The maximum absolute atomic E-state index is 12.7. The number of amides is 1. The zero-order chi connectivity index (χ0) is 20.1. The van der Waals surface area contributed by atoms with Crippen molar-refractivity contribution in [3.05, 3.63) is 71.4 Å². The summed E-state index contributed by atoms with van der Waals surface area (Å²) in [5.41, 5.74) is 2.23. The Balaban J connectivity index is 1.45. The number of carbonyl (C=O) groups excluding carboxylic acids is 2. The van der Waals surface area contributed by atoms with E-state index in [9.17, 15) is 9.59 Å². The van der Waals surface area contributed by atoms with Crippen LogP contribution < -0.4 is 10.8 Å². The number of carbonyl (C=O) groups is 2. The van der Waals surface area contributed by atoms with Crippen LogP contribution >= 0.6 is 0 Å². The molecule has 2 aromatic rings. The number of benzene rings is 1. The Hall–Kier alpha value is -2.95. The van der Waals surface area contributed by atoms with Crippen LogP contribution in [0.2, 0.25) is 0 Å². The molecule has 0 spiro atoms. The van der Waals surface area contributed by atoms with E-state index in [-0.39, 0.29) is 11.8 Å². The van der Waals surface area contributed by atoms with Gasteiger partial charge >= 0.3 is 0 Å². The van der Waals surface area contributed by atoms with Gasteiger partial charge in [-0.15, -0.1) is 0 Å². The van der Waals surface area contributed by atoms with Gasteiger partial charge in [-0.25, -0.2) is 0 Å². The average molecular weight is 389 g/mol. The predicted octanol–water partition coefficient (Wildman–Crippen LogP) is 3.97. The van der Waals surface area contributed by atoms with Crippen LogP contribution in [0.25, 0.3) is 6.08 Å². The first-order valence-electron chi connectivity index (χ1n) is 10.5. The van der Waals surface area contributed by atoms with Crippen molar-refractivity contribution < 1.29 is 9.59 Å². The quantitative estimate of drug-likeness (QED) is 0.787. The topological polar surface area (TPSA) is 63.5 Å². The van der Waals surface area contributed by atoms with Crippen molar-refractivity contribution in [3.8, 4) is 0 Å². The number of nitrogens with zero attached hydrogens (tertiary/aromatic N) is 2. The van der Waals surface area contributed by atoms with Gasteiger partial charge in [-0.3, -0.25) is 19.1 Å². The Labute approximate surface area is 171 Å². The van der Waals surface area contributed by atoms with E-state index in [1.807, 2.05) is 30.3 Å². The van der Waals surface area contributed by atoms with Gasteiger partial charge in [0.1, 0.15) is 5.49 Å². The maximum Gasteiger partial charge on any atom is 0.256 e. The van der Waals surface area contributed by atoms with Crippen LogP contribution in [0, 0.1) is 0 Å². The summed E-state index contributed by atoms with van der Waals surface area (Å²) in [6.07, 6.45) is 13.1. The molecule has 5 nitrogen and oxygen atoms in total. The van der Waals surface area contributed by atoms with Crippen molar-refractivity contribution in [2.24, 2.45) is 4.99 Å². The second-order valence-corrected chi connectivity index (χ2v) is 7.89. The standard InChI is InChI=1S/C24H27N3O2/c28-23(27-17-5-4-8-22(27)25-20-6-2-1-3-7-20)16-11-18-9-12-19(13-10-18)24(29)26-21-14-15-21/h4-5,8-13,16-17,20-21H,1-3,6-7,14-15H2,(H,26,29)/b16-11+,25-22?. The smallest absolute Gasteiger partial charge is 0.256 e. The number of allylic oxidation sites excluding steroid dienone is 1. The molecule has 0 radical (unpaired) electrons. The van der Waals surface area contributed by atoms with Crippen LogP contribution in [-0.4, -0.2) is 28.5 Å². The number of nitrogens with one attached hydrogen (secondary N) is 1. The fourth-order valence-electron chi connectivity index (χ4n) is 3.61. The summed E-state index contributed by atoms with van der Waals surface area (Å²) in [4.78, 5) is 29.6. The molecule has 5 heteroatoms. The van der Waals surface area contributed by atoms with Crippen molar-refractivity contribution in [2.45, 2.75) is 57.0 Å². The van der Waals surface area contributed by atoms with Crippen molar-refractivity contribution in [1.29, 1.82) is 0 Å². The molecule has 1 N–H and O–H groups in total. The van der Waals surface area contributed by atoms with Gasteiger partial charge in [0.05, 0.1) is 6.04 Å². The molecule has 0 bridgehead atoms. The second kappa shape index (κ2) is 9.03. The van der Waals surface area contributed by atoms with Gasteiger partial charge in [0.25, 0.3) is 11.8 Å². The lowest BCUT2D eigenvalue weighted by atomic mass is 9.96. The molecule has 0 unspecified atom stereocenters. The number of pyridine rings is 1. The highest BCUT2D eigenvalue weighted by molar-refractivity contribution is 5.95. The summed E-state index contributed by atoms with van der Waals surface area (Å²) in [6, 6.07) is 13.6. The van der Waals surface area contributed by atoms with Crippen LogP contribution in [-0.2, 0) is 0 Å². The van der Waals surface area contributed by atoms with E-state index in [1.165, 1.54) is 19.3 Å². The monoisotopic (exact) mass is 389 g/mol. The Morgan fingerprint density at radius 3 is 2.45 bits per heavy atom. The van der Waals surface area contributed by atoms with E-state index >= 15 is 0 Å². The Morgan fingerprint density at radius 2 is 1.72 bits per heavy atom. The molecule has 1 amide bonds. The van der Waals surface area contributed by atoms with E-state index in [2.05, 4.69) is 5.32 Å². The van der Waals surface area contributed by atoms with Gasteiger partial charge < -0.3 is 5.32 Å². The third kappa shape index (κ3) is 5.31. The number of aromatic nitrogens is 1. The molecule has 150 valence electrons. The van der Waals surface area contributed by atoms with Crippen molar-refractivity contribution >= 4 is 17.9 Å². The van der Waals surface area contributed by atoms with Gasteiger partial charge in [-0.2, -0.15) is 0 Å². The van der Waals surface area contributed by atoms with E-state index in [1.54, 1.807) is 35.0 Å². The molecule has 2 fully saturated rings. The molecule has 0 aliphatic heterocycles. The van der Waals surface area contributed by atoms with Crippen molar-refractivity contribution in [3.63, 3.8) is 0 Å². The summed E-state index contributed by atoms with van der Waals surface area (Å²) in [5.74, 6) is -0.163. The minimum atomic E-state index is -0.129. The molecule has 0 saturated heterocycles. The van der Waals surface area contributed by atoms with Crippen molar-refractivity contribution in [2.75, 3.05) is 0 Å². The predicted molar refractivity (Wildman–Crippen MR) is 113 cm³/mol. The molecule has 2 aliphatic rings. The van der Waals surface area contributed by atoms with Crippen LogP contribution in [0.4, 0.5) is 0 Å². The first-order valence-corrected chi connectivity index (χ1v) is 10.5. The molecule has 1 aromatic carbocycles. The summed E-state index contributed by atoms with van der Waals surface area (Å²) in [6.45, 7) is 0. The molecule has 29 heavy (non-hydrogen) atoms.